The average Bonchev–Trinajstić information content (AvgIpc) is 3.04. The van der Waals surface area contributed by atoms with Gasteiger partial charge in [0.25, 0.3) is 5.56 Å². The third-order valence-electron chi connectivity index (χ3n) is 5.36. The fourth-order valence-electron chi connectivity index (χ4n) is 3.63. The van der Waals surface area contributed by atoms with E-state index in [2.05, 4.69) is 15.3 Å². The molecule has 0 radical (unpaired) electrons. The second kappa shape index (κ2) is 7.94. The van der Waals surface area contributed by atoms with Crippen molar-refractivity contribution >= 4 is 16.7 Å². The van der Waals surface area contributed by atoms with E-state index in [-0.39, 0.29) is 17.9 Å². The van der Waals surface area contributed by atoms with E-state index >= 15 is 0 Å². The minimum absolute atomic E-state index is 0.0778. The highest BCUT2D eigenvalue weighted by Crippen LogP contribution is 2.20. The van der Waals surface area contributed by atoms with Crippen LogP contribution in [0.15, 0.2) is 59.4 Å². The Balaban J connectivity index is 1.56. The van der Waals surface area contributed by atoms with E-state index < -0.39 is 0 Å². The molecule has 0 aliphatic carbocycles. The van der Waals surface area contributed by atoms with Gasteiger partial charge in [0, 0.05) is 30.2 Å². The number of para-hydroxylation sites is 1. The summed E-state index contributed by atoms with van der Waals surface area (Å²) >= 11 is 0. The second-order valence-electron chi connectivity index (χ2n) is 7.37. The van der Waals surface area contributed by atoms with E-state index in [0.29, 0.717) is 23.0 Å². The molecule has 0 aliphatic rings. The number of nitrogens with zero attached hydrogens (tertiary/aromatic N) is 4. The molecule has 0 aliphatic heterocycles. The highest BCUT2D eigenvalue weighted by atomic mass is 16.2. The zero-order chi connectivity index (χ0) is 21.3. The number of aromatic amines is 1. The Kier molecular flexibility index (Phi) is 5.18. The van der Waals surface area contributed by atoms with E-state index in [1.54, 1.807) is 24.1 Å². The van der Waals surface area contributed by atoms with Crippen molar-refractivity contribution in [3.63, 3.8) is 0 Å². The van der Waals surface area contributed by atoms with Gasteiger partial charge in [-0.15, -0.1) is 0 Å². The van der Waals surface area contributed by atoms with Crippen molar-refractivity contribution in [2.75, 3.05) is 7.05 Å². The Bertz CT molecular complexity index is 1270. The number of carbonyl (C=O) groups excluding carboxylic acids is 1. The molecule has 4 rings (SSSR count). The molecular formula is C23H23N5O2. The number of hydrogen-bond donors (Lipinski definition) is 1. The van der Waals surface area contributed by atoms with Crippen molar-refractivity contribution in [3.05, 3.63) is 87.6 Å². The molecule has 2 aromatic heterocycles. The van der Waals surface area contributed by atoms with Crippen LogP contribution in [0.1, 0.15) is 22.6 Å². The summed E-state index contributed by atoms with van der Waals surface area (Å²) in [6.07, 6.45) is 0.110. The van der Waals surface area contributed by atoms with Gasteiger partial charge < -0.3 is 4.90 Å². The molecular weight excluding hydrogens is 378 g/mol. The maximum atomic E-state index is 12.9. The molecule has 4 aromatic rings. The van der Waals surface area contributed by atoms with Crippen LogP contribution >= 0.6 is 0 Å². The van der Waals surface area contributed by atoms with E-state index in [1.807, 2.05) is 61.0 Å². The van der Waals surface area contributed by atoms with Crippen molar-refractivity contribution in [3.8, 4) is 5.69 Å². The molecule has 7 nitrogen and oxygen atoms in total. The number of aryl methyl sites for hydroxylation is 1. The van der Waals surface area contributed by atoms with Crippen molar-refractivity contribution in [2.45, 2.75) is 26.8 Å². The normalized spacial score (nSPS) is 11.0. The van der Waals surface area contributed by atoms with Gasteiger partial charge >= 0.3 is 0 Å². The van der Waals surface area contributed by atoms with Crippen LogP contribution in [0.5, 0.6) is 0 Å². The molecule has 0 saturated carbocycles. The fraction of sp³-hybridized carbons (Fsp3) is 0.217. The molecule has 2 heterocycles. The first-order valence-electron chi connectivity index (χ1n) is 9.76. The second-order valence-corrected chi connectivity index (χ2v) is 7.37. The Hall–Kier alpha value is -3.74. The molecule has 1 amide bonds. The van der Waals surface area contributed by atoms with Crippen molar-refractivity contribution in [1.29, 1.82) is 0 Å². The molecule has 0 unspecified atom stereocenters. The molecule has 0 spiro atoms. The Labute approximate surface area is 174 Å². The smallest absolute Gasteiger partial charge is 0.272 e. The Morgan fingerprint density at radius 3 is 2.43 bits per heavy atom. The van der Waals surface area contributed by atoms with Crippen LogP contribution in [0.25, 0.3) is 16.5 Å². The van der Waals surface area contributed by atoms with Gasteiger partial charge in [-0.3, -0.25) is 9.59 Å². The standard InChI is InChI=1S/C23H23N5O2/c1-15-20(16(2)28(26-15)17-9-5-4-6-10-17)14-27(3)22(29)13-21-18-11-7-8-12-19(18)23(30)25-24-21/h4-12H,13-14H2,1-3H3,(H,25,30). The van der Waals surface area contributed by atoms with Crippen LogP contribution in [0.3, 0.4) is 0 Å². The lowest BCUT2D eigenvalue weighted by atomic mass is 10.1. The number of likely N-dealkylation sites (N-methyl/N-ethyl adjacent to an activating group) is 1. The zero-order valence-corrected chi connectivity index (χ0v) is 17.2. The molecule has 0 bridgehead atoms. The minimum Gasteiger partial charge on any atom is -0.341 e. The van der Waals surface area contributed by atoms with Crippen LogP contribution in [0.4, 0.5) is 0 Å². The maximum Gasteiger partial charge on any atom is 0.272 e. The van der Waals surface area contributed by atoms with Crippen molar-refractivity contribution < 1.29 is 4.79 Å². The third kappa shape index (κ3) is 3.61. The summed E-state index contributed by atoms with van der Waals surface area (Å²) in [5.74, 6) is -0.0778. The average molecular weight is 401 g/mol. The van der Waals surface area contributed by atoms with Gasteiger partial charge in [-0.2, -0.15) is 10.2 Å². The Morgan fingerprint density at radius 1 is 1.03 bits per heavy atom. The van der Waals surface area contributed by atoms with Crippen molar-refractivity contribution in [2.24, 2.45) is 0 Å². The van der Waals surface area contributed by atoms with Crippen LogP contribution in [-0.2, 0) is 17.8 Å². The summed E-state index contributed by atoms with van der Waals surface area (Å²) in [6, 6.07) is 17.1. The Morgan fingerprint density at radius 2 is 1.70 bits per heavy atom. The minimum atomic E-state index is -0.255. The maximum absolute atomic E-state index is 12.9. The van der Waals surface area contributed by atoms with Gasteiger partial charge in [0.05, 0.1) is 28.9 Å². The van der Waals surface area contributed by atoms with E-state index in [9.17, 15) is 9.59 Å². The van der Waals surface area contributed by atoms with Gasteiger partial charge in [0.2, 0.25) is 5.91 Å². The lowest BCUT2D eigenvalue weighted by Gasteiger charge is -2.18. The molecule has 0 saturated heterocycles. The molecule has 1 N–H and O–H groups in total. The summed E-state index contributed by atoms with van der Waals surface area (Å²) in [5, 5.41) is 12.5. The number of hydrogen-bond acceptors (Lipinski definition) is 4. The molecule has 30 heavy (non-hydrogen) atoms. The number of H-pyrrole nitrogens is 1. The molecule has 0 atom stereocenters. The third-order valence-corrected chi connectivity index (χ3v) is 5.36. The van der Waals surface area contributed by atoms with Gasteiger partial charge in [0.1, 0.15) is 0 Å². The van der Waals surface area contributed by atoms with Crippen LogP contribution in [-0.4, -0.2) is 37.8 Å². The summed E-state index contributed by atoms with van der Waals surface area (Å²) in [6.45, 7) is 4.42. The molecule has 2 aromatic carbocycles. The topological polar surface area (TPSA) is 83.9 Å². The molecule has 0 fully saturated rings. The number of amides is 1. The largest absolute Gasteiger partial charge is 0.341 e. The number of carbonyl (C=O) groups is 1. The molecule has 152 valence electrons. The SMILES string of the molecule is Cc1nn(-c2ccccc2)c(C)c1CN(C)C(=O)Cc1n[nH]c(=O)c2ccccc12. The number of fused-ring (bicyclic) bond motifs is 1. The van der Waals surface area contributed by atoms with Gasteiger partial charge in [-0.1, -0.05) is 36.4 Å². The quantitative estimate of drug-likeness (QED) is 0.557. The predicted octanol–water partition coefficient (Wildman–Crippen LogP) is 2.93. The fourth-order valence-corrected chi connectivity index (χ4v) is 3.63. The number of rotatable bonds is 5. The van der Waals surface area contributed by atoms with Crippen LogP contribution in [0, 0.1) is 13.8 Å². The first kappa shape index (κ1) is 19.6. The van der Waals surface area contributed by atoms with E-state index in [4.69, 9.17) is 0 Å². The predicted molar refractivity (Wildman–Crippen MR) is 116 cm³/mol. The summed E-state index contributed by atoms with van der Waals surface area (Å²) in [5.41, 5.74) is 4.22. The highest BCUT2D eigenvalue weighted by molar-refractivity contribution is 5.88. The first-order chi connectivity index (χ1) is 14.5. The highest BCUT2D eigenvalue weighted by Gasteiger charge is 2.19. The van der Waals surface area contributed by atoms with Crippen LogP contribution < -0.4 is 5.56 Å². The van der Waals surface area contributed by atoms with Gasteiger partial charge in [0.15, 0.2) is 0 Å². The van der Waals surface area contributed by atoms with Crippen LogP contribution in [0.2, 0.25) is 0 Å². The lowest BCUT2D eigenvalue weighted by Crippen LogP contribution is -2.29. The number of aromatic nitrogens is 4. The molecule has 7 heteroatoms. The lowest BCUT2D eigenvalue weighted by molar-refractivity contribution is -0.129. The van der Waals surface area contributed by atoms with E-state index in [0.717, 1.165) is 22.6 Å². The van der Waals surface area contributed by atoms with E-state index in [1.165, 1.54) is 0 Å². The number of nitrogens with one attached hydrogen (secondary N) is 1. The monoisotopic (exact) mass is 401 g/mol. The summed E-state index contributed by atoms with van der Waals surface area (Å²) < 4.78 is 1.90. The zero-order valence-electron chi connectivity index (χ0n) is 17.2. The summed E-state index contributed by atoms with van der Waals surface area (Å²) in [7, 11) is 1.77. The first-order valence-corrected chi connectivity index (χ1v) is 9.76. The van der Waals surface area contributed by atoms with Gasteiger partial charge in [-0.05, 0) is 32.0 Å². The van der Waals surface area contributed by atoms with Gasteiger partial charge in [-0.25, -0.2) is 9.78 Å². The summed E-state index contributed by atoms with van der Waals surface area (Å²) in [4.78, 5) is 26.5. The number of benzene rings is 2. The van der Waals surface area contributed by atoms with Crippen molar-refractivity contribution in [1.82, 2.24) is 24.9 Å².